The van der Waals surface area contributed by atoms with Gasteiger partial charge in [-0.3, -0.25) is 0 Å². The van der Waals surface area contributed by atoms with Gasteiger partial charge in [0.2, 0.25) is 0 Å². The molecular formula is C7H15NS. The second-order valence-corrected chi connectivity index (χ2v) is 3.66. The van der Waals surface area contributed by atoms with Gasteiger partial charge in [0.15, 0.2) is 0 Å². The minimum Gasteiger partial charge on any atom is -0.316 e. The maximum absolute atomic E-state index is 4.40. The highest BCUT2D eigenvalue weighted by atomic mass is 32.1. The van der Waals surface area contributed by atoms with Crippen LogP contribution in [-0.2, 0) is 0 Å². The van der Waals surface area contributed by atoms with Crippen molar-refractivity contribution in [1.82, 2.24) is 5.32 Å². The van der Waals surface area contributed by atoms with E-state index in [2.05, 4.69) is 24.9 Å². The van der Waals surface area contributed by atoms with Gasteiger partial charge in [0, 0.05) is 5.25 Å². The molecule has 0 spiro atoms. The molecule has 1 nitrogen and oxygen atoms in total. The first-order valence-corrected chi connectivity index (χ1v) is 4.21. The van der Waals surface area contributed by atoms with Gasteiger partial charge in [0.25, 0.3) is 0 Å². The number of nitrogens with one attached hydrogen (secondary N) is 1. The first kappa shape index (κ1) is 7.42. The van der Waals surface area contributed by atoms with Crippen molar-refractivity contribution in [1.29, 1.82) is 0 Å². The summed E-state index contributed by atoms with van der Waals surface area (Å²) in [6.07, 6.45) is 2.69. The van der Waals surface area contributed by atoms with Crippen LogP contribution < -0.4 is 5.32 Å². The Morgan fingerprint density at radius 1 is 1.67 bits per heavy atom. The number of piperidine rings is 1. The Labute approximate surface area is 62.6 Å². The second-order valence-electron chi connectivity index (χ2n) is 2.85. The first-order chi connectivity index (χ1) is 4.30. The van der Waals surface area contributed by atoms with E-state index in [0.717, 1.165) is 5.92 Å². The number of rotatable bonds is 1. The molecule has 2 atom stereocenters. The van der Waals surface area contributed by atoms with E-state index >= 15 is 0 Å². The molecule has 0 bridgehead atoms. The summed E-state index contributed by atoms with van der Waals surface area (Å²) >= 11 is 4.40. The quantitative estimate of drug-likeness (QED) is 0.530. The van der Waals surface area contributed by atoms with E-state index in [9.17, 15) is 0 Å². The third-order valence-corrected chi connectivity index (χ3v) is 2.44. The molecule has 54 valence electrons. The molecule has 2 unspecified atom stereocenters. The van der Waals surface area contributed by atoms with E-state index < -0.39 is 0 Å². The van der Waals surface area contributed by atoms with Crippen molar-refractivity contribution >= 4 is 12.6 Å². The molecule has 0 aliphatic carbocycles. The predicted molar refractivity (Wildman–Crippen MR) is 44.0 cm³/mol. The smallest absolute Gasteiger partial charge is 0.00288 e. The Bertz CT molecular complexity index is 77.0. The molecule has 1 saturated heterocycles. The van der Waals surface area contributed by atoms with Crippen molar-refractivity contribution in [3.8, 4) is 0 Å². The maximum Gasteiger partial charge on any atom is 0.00288 e. The maximum atomic E-state index is 4.40. The van der Waals surface area contributed by atoms with Gasteiger partial charge in [-0.1, -0.05) is 6.92 Å². The Balaban J connectivity index is 2.23. The summed E-state index contributed by atoms with van der Waals surface area (Å²) in [7, 11) is 0. The predicted octanol–water partition coefficient (Wildman–Crippen LogP) is 1.30. The molecule has 1 fully saturated rings. The monoisotopic (exact) mass is 145 g/mol. The highest BCUT2D eigenvalue weighted by molar-refractivity contribution is 7.80. The lowest BCUT2D eigenvalue weighted by Crippen LogP contribution is -2.33. The average Bonchev–Trinajstić information content (AvgIpc) is 1.90. The van der Waals surface area contributed by atoms with E-state index in [1.165, 1.54) is 25.9 Å². The number of thiol groups is 1. The van der Waals surface area contributed by atoms with Crippen LogP contribution in [0.5, 0.6) is 0 Å². The van der Waals surface area contributed by atoms with Gasteiger partial charge in [-0.2, -0.15) is 12.6 Å². The van der Waals surface area contributed by atoms with Crippen molar-refractivity contribution in [2.24, 2.45) is 5.92 Å². The van der Waals surface area contributed by atoms with Gasteiger partial charge in [0.1, 0.15) is 0 Å². The van der Waals surface area contributed by atoms with Crippen LogP contribution in [0.4, 0.5) is 0 Å². The Hall–Kier alpha value is 0.310. The zero-order chi connectivity index (χ0) is 6.69. The van der Waals surface area contributed by atoms with Crippen molar-refractivity contribution in [2.45, 2.75) is 25.0 Å². The van der Waals surface area contributed by atoms with Crippen LogP contribution in [0.25, 0.3) is 0 Å². The van der Waals surface area contributed by atoms with Crippen LogP contribution >= 0.6 is 12.6 Å². The normalized spacial score (nSPS) is 32.0. The summed E-state index contributed by atoms with van der Waals surface area (Å²) in [5.74, 6) is 0.807. The standard InChI is InChI=1S/C7H15NS/c1-6(9)7-3-2-4-8-5-7/h6-9H,2-5H2,1H3. The minimum absolute atomic E-state index is 0.567. The fourth-order valence-electron chi connectivity index (χ4n) is 1.29. The lowest BCUT2D eigenvalue weighted by Gasteiger charge is -2.25. The van der Waals surface area contributed by atoms with Crippen molar-refractivity contribution in [3.05, 3.63) is 0 Å². The topological polar surface area (TPSA) is 12.0 Å². The van der Waals surface area contributed by atoms with E-state index in [4.69, 9.17) is 0 Å². The van der Waals surface area contributed by atoms with Crippen molar-refractivity contribution in [3.63, 3.8) is 0 Å². The van der Waals surface area contributed by atoms with Gasteiger partial charge in [-0.05, 0) is 31.8 Å². The van der Waals surface area contributed by atoms with Crippen LogP contribution in [0.3, 0.4) is 0 Å². The molecule has 0 aromatic carbocycles. The molecule has 0 aromatic rings. The molecule has 9 heavy (non-hydrogen) atoms. The molecular weight excluding hydrogens is 130 g/mol. The zero-order valence-electron chi connectivity index (χ0n) is 5.93. The summed E-state index contributed by atoms with van der Waals surface area (Å²) in [5.41, 5.74) is 0. The summed E-state index contributed by atoms with van der Waals surface area (Å²) in [4.78, 5) is 0. The molecule has 0 radical (unpaired) electrons. The van der Waals surface area contributed by atoms with Gasteiger partial charge in [0.05, 0.1) is 0 Å². The molecule has 0 aromatic heterocycles. The Kier molecular flexibility index (Phi) is 2.86. The molecule has 1 aliphatic heterocycles. The fourth-order valence-corrected chi connectivity index (χ4v) is 1.55. The zero-order valence-corrected chi connectivity index (χ0v) is 6.82. The molecule has 1 heterocycles. The van der Waals surface area contributed by atoms with Crippen LogP contribution in [0.15, 0.2) is 0 Å². The Morgan fingerprint density at radius 3 is 2.78 bits per heavy atom. The van der Waals surface area contributed by atoms with Crippen molar-refractivity contribution < 1.29 is 0 Å². The molecule has 1 N–H and O–H groups in total. The van der Waals surface area contributed by atoms with E-state index in [0.29, 0.717) is 5.25 Å². The third kappa shape index (κ3) is 2.18. The van der Waals surface area contributed by atoms with Crippen LogP contribution in [0.2, 0.25) is 0 Å². The SMILES string of the molecule is CC(S)C1CCCNC1. The summed E-state index contributed by atoms with van der Waals surface area (Å²) < 4.78 is 0. The van der Waals surface area contributed by atoms with Gasteiger partial charge >= 0.3 is 0 Å². The van der Waals surface area contributed by atoms with E-state index in [1.807, 2.05) is 0 Å². The largest absolute Gasteiger partial charge is 0.316 e. The average molecular weight is 145 g/mol. The molecule has 0 saturated carbocycles. The van der Waals surface area contributed by atoms with Crippen LogP contribution in [-0.4, -0.2) is 18.3 Å². The highest BCUT2D eigenvalue weighted by Crippen LogP contribution is 2.17. The molecule has 2 heteroatoms. The van der Waals surface area contributed by atoms with E-state index in [-0.39, 0.29) is 0 Å². The molecule has 0 amide bonds. The highest BCUT2D eigenvalue weighted by Gasteiger charge is 2.15. The lowest BCUT2D eigenvalue weighted by molar-refractivity contribution is 0.377. The second kappa shape index (κ2) is 3.47. The third-order valence-electron chi connectivity index (χ3n) is 2.02. The van der Waals surface area contributed by atoms with Gasteiger partial charge < -0.3 is 5.32 Å². The summed E-state index contributed by atoms with van der Waals surface area (Å²) in [5, 5.41) is 3.93. The van der Waals surface area contributed by atoms with E-state index in [1.54, 1.807) is 0 Å². The fraction of sp³-hybridized carbons (Fsp3) is 1.00. The summed E-state index contributed by atoms with van der Waals surface area (Å²) in [6.45, 7) is 4.56. The summed E-state index contributed by atoms with van der Waals surface area (Å²) in [6, 6.07) is 0. The van der Waals surface area contributed by atoms with Gasteiger partial charge in [-0.15, -0.1) is 0 Å². The Morgan fingerprint density at radius 2 is 2.44 bits per heavy atom. The lowest BCUT2D eigenvalue weighted by atomic mass is 9.97. The number of hydrogen-bond acceptors (Lipinski definition) is 2. The van der Waals surface area contributed by atoms with Gasteiger partial charge in [-0.25, -0.2) is 0 Å². The molecule has 1 rings (SSSR count). The van der Waals surface area contributed by atoms with Crippen LogP contribution in [0.1, 0.15) is 19.8 Å². The van der Waals surface area contributed by atoms with Crippen LogP contribution in [0, 0.1) is 5.92 Å². The number of hydrogen-bond donors (Lipinski definition) is 2. The first-order valence-electron chi connectivity index (χ1n) is 3.69. The molecule has 1 aliphatic rings. The minimum atomic E-state index is 0.567. The van der Waals surface area contributed by atoms with Crippen molar-refractivity contribution in [2.75, 3.05) is 13.1 Å².